The van der Waals surface area contributed by atoms with Gasteiger partial charge in [-0.2, -0.15) is 10.2 Å². The van der Waals surface area contributed by atoms with Crippen molar-refractivity contribution >= 4 is 45.0 Å². The lowest BCUT2D eigenvalue weighted by molar-refractivity contribution is -0.116. The molecule has 0 saturated heterocycles. The maximum Gasteiger partial charge on any atom is 0.229 e. The van der Waals surface area contributed by atoms with Crippen molar-refractivity contribution in [1.82, 2.24) is 29.9 Å². The molecule has 12 nitrogen and oxygen atoms in total. The average molecular weight is 731 g/mol. The van der Waals surface area contributed by atoms with Crippen molar-refractivity contribution in [3.05, 3.63) is 145 Å². The molecule has 0 aliphatic rings. The first-order valence-electron chi connectivity index (χ1n) is 17.5. The van der Waals surface area contributed by atoms with E-state index in [0.717, 1.165) is 66.4 Å². The number of rotatable bonds is 10. The Bertz CT molecular complexity index is 2570. The van der Waals surface area contributed by atoms with Gasteiger partial charge in [-0.05, 0) is 81.6 Å². The number of aromatic amines is 1. The van der Waals surface area contributed by atoms with Crippen LogP contribution >= 0.6 is 0 Å². The first kappa shape index (κ1) is 36.0. The van der Waals surface area contributed by atoms with Crippen molar-refractivity contribution in [2.45, 2.75) is 12.8 Å². The number of methoxy groups -OCH3 is 2. The van der Waals surface area contributed by atoms with E-state index >= 15 is 0 Å². The monoisotopic (exact) mass is 730 g/mol. The highest BCUT2D eigenvalue weighted by Gasteiger charge is 2.10. The van der Waals surface area contributed by atoms with Gasteiger partial charge in [0.2, 0.25) is 11.8 Å². The molecule has 8 aromatic rings. The number of carbonyl (C=O) groups is 2. The van der Waals surface area contributed by atoms with Gasteiger partial charge in [-0.1, -0.05) is 48.5 Å². The number of aryl methyl sites for hydroxylation is 1. The number of hydrogen-bond acceptors (Lipinski definition) is 8. The third-order valence-electron chi connectivity index (χ3n) is 8.90. The molecule has 0 saturated carbocycles. The van der Waals surface area contributed by atoms with Gasteiger partial charge >= 0.3 is 0 Å². The van der Waals surface area contributed by atoms with E-state index in [1.165, 1.54) is 0 Å². The van der Waals surface area contributed by atoms with E-state index in [4.69, 9.17) is 9.47 Å². The Balaban J connectivity index is 0.000000169. The number of amides is 2. The minimum absolute atomic E-state index is 0.111. The highest BCUT2D eigenvalue weighted by Crippen LogP contribution is 2.26. The molecule has 12 heteroatoms. The summed E-state index contributed by atoms with van der Waals surface area (Å²) in [5.41, 5.74) is 6.01. The van der Waals surface area contributed by atoms with Gasteiger partial charge in [0, 0.05) is 53.7 Å². The molecule has 2 amide bonds. The fraction of sp³-hybridized carbons (Fsp3) is 0.116. The zero-order valence-corrected chi connectivity index (χ0v) is 30.5. The largest absolute Gasteiger partial charge is 0.497 e. The molecule has 0 aliphatic heterocycles. The smallest absolute Gasteiger partial charge is 0.229 e. The molecule has 274 valence electrons. The van der Waals surface area contributed by atoms with Crippen LogP contribution in [0.5, 0.6) is 11.5 Å². The third kappa shape index (κ3) is 9.18. The maximum absolute atomic E-state index is 12.4. The second-order valence-electron chi connectivity index (χ2n) is 12.8. The predicted octanol–water partition coefficient (Wildman–Crippen LogP) is 7.64. The molecule has 8 rings (SSSR count). The fourth-order valence-corrected chi connectivity index (χ4v) is 5.99. The standard InChI is InChI=1S/C22H20N4O2.C21H18N4O2/c1-26-14-19(13-24-26)16-5-6-17-12-23-21(11-18(17)10-16)25-22(27)9-15-3-7-20(28-2)8-4-15;1-27-19-6-2-14(3-7-19)8-21(26)25-20-10-17-9-15(18-12-23-24-13-18)4-5-16(17)11-22-20/h3-8,10-14H,9H2,1-2H3,(H,23,25,27);2-7,9-13H,8H2,1H3,(H,23,24)(H,22,25,26). The number of nitrogens with zero attached hydrogens (tertiary/aromatic N) is 5. The van der Waals surface area contributed by atoms with Crippen molar-refractivity contribution in [3.63, 3.8) is 0 Å². The number of hydrogen-bond donors (Lipinski definition) is 3. The molecule has 0 fully saturated rings. The molecule has 4 aromatic carbocycles. The number of fused-ring (bicyclic) bond motifs is 2. The predicted molar refractivity (Wildman–Crippen MR) is 214 cm³/mol. The summed E-state index contributed by atoms with van der Waals surface area (Å²) in [4.78, 5) is 33.4. The lowest BCUT2D eigenvalue weighted by Gasteiger charge is -2.07. The molecule has 4 heterocycles. The summed E-state index contributed by atoms with van der Waals surface area (Å²) in [5.74, 6) is 2.38. The molecule has 3 N–H and O–H groups in total. The number of carbonyl (C=O) groups excluding carboxylic acids is 2. The lowest BCUT2D eigenvalue weighted by Crippen LogP contribution is -2.15. The van der Waals surface area contributed by atoms with Crippen LogP contribution in [-0.2, 0) is 29.5 Å². The Morgan fingerprint density at radius 3 is 1.55 bits per heavy atom. The Morgan fingerprint density at radius 2 is 1.11 bits per heavy atom. The first-order valence-corrected chi connectivity index (χ1v) is 17.5. The van der Waals surface area contributed by atoms with E-state index in [1.807, 2.05) is 111 Å². The fourth-order valence-electron chi connectivity index (χ4n) is 5.99. The number of nitrogens with one attached hydrogen (secondary N) is 3. The van der Waals surface area contributed by atoms with Gasteiger partial charge in [0.25, 0.3) is 0 Å². The van der Waals surface area contributed by atoms with E-state index in [1.54, 1.807) is 37.5 Å². The molecule has 55 heavy (non-hydrogen) atoms. The van der Waals surface area contributed by atoms with Crippen molar-refractivity contribution < 1.29 is 19.1 Å². The van der Waals surface area contributed by atoms with E-state index in [0.29, 0.717) is 11.6 Å². The number of anilines is 2. The van der Waals surface area contributed by atoms with E-state index in [2.05, 4.69) is 48.0 Å². The van der Waals surface area contributed by atoms with Crippen LogP contribution in [0.1, 0.15) is 11.1 Å². The number of ether oxygens (including phenoxy) is 2. The molecule has 0 bridgehead atoms. The van der Waals surface area contributed by atoms with Crippen LogP contribution in [0.4, 0.5) is 11.6 Å². The second-order valence-corrected chi connectivity index (χ2v) is 12.8. The zero-order valence-electron chi connectivity index (χ0n) is 30.5. The van der Waals surface area contributed by atoms with Crippen LogP contribution in [0.2, 0.25) is 0 Å². The minimum Gasteiger partial charge on any atom is -0.497 e. The summed E-state index contributed by atoms with van der Waals surface area (Å²) >= 11 is 0. The quantitative estimate of drug-likeness (QED) is 0.130. The minimum atomic E-state index is -0.113. The van der Waals surface area contributed by atoms with Gasteiger partial charge in [-0.25, -0.2) is 9.97 Å². The van der Waals surface area contributed by atoms with Crippen LogP contribution in [0.25, 0.3) is 43.8 Å². The lowest BCUT2D eigenvalue weighted by atomic mass is 10.1. The van der Waals surface area contributed by atoms with Crippen LogP contribution in [-0.4, -0.2) is 56.0 Å². The Kier molecular flexibility index (Phi) is 10.8. The number of benzene rings is 4. The van der Waals surface area contributed by atoms with Crippen LogP contribution < -0.4 is 20.1 Å². The summed E-state index contributed by atoms with van der Waals surface area (Å²) in [6, 6.07) is 30.9. The van der Waals surface area contributed by atoms with Crippen molar-refractivity contribution in [1.29, 1.82) is 0 Å². The van der Waals surface area contributed by atoms with Gasteiger partial charge in [0.15, 0.2) is 0 Å². The van der Waals surface area contributed by atoms with Gasteiger partial charge in [-0.15, -0.1) is 0 Å². The van der Waals surface area contributed by atoms with Crippen LogP contribution in [0, 0.1) is 0 Å². The van der Waals surface area contributed by atoms with Crippen molar-refractivity contribution in [2.24, 2.45) is 7.05 Å². The summed E-state index contributed by atoms with van der Waals surface area (Å²) in [7, 11) is 5.13. The summed E-state index contributed by atoms with van der Waals surface area (Å²) in [5, 5.41) is 20.8. The van der Waals surface area contributed by atoms with Gasteiger partial charge < -0.3 is 20.1 Å². The van der Waals surface area contributed by atoms with E-state index < -0.39 is 0 Å². The molecular weight excluding hydrogens is 693 g/mol. The number of pyridine rings is 2. The highest BCUT2D eigenvalue weighted by molar-refractivity contribution is 5.96. The van der Waals surface area contributed by atoms with Crippen molar-refractivity contribution in [3.8, 4) is 33.8 Å². The van der Waals surface area contributed by atoms with Gasteiger partial charge in [0.05, 0.1) is 39.5 Å². The topological polar surface area (TPSA) is 149 Å². The van der Waals surface area contributed by atoms with E-state index in [-0.39, 0.29) is 24.7 Å². The zero-order chi connectivity index (χ0) is 38.1. The normalized spacial score (nSPS) is 10.7. The number of aromatic nitrogens is 6. The first-order chi connectivity index (χ1) is 26.8. The molecule has 0 radical (unpaired) electrons. The molecule has 0 atom stereocenters. The molecular formula is C43H38N8O4. The number of H-pyrrole nitrogens is 1. The molecule has 0 unspecified atom stereocenters. The Labute approximate surface area is 317 Å². The van der Waals surface area contributed by atoms with Gasteiger partial charge in [-0.3, -0.25) is 19.4 Å². The van der Waals surface area contributed by atoms with Crippen molar-refractivity contribution in [2.75, 3.05) is 24.9 Å². The Hall–Kier alpha value is -7.34. The van der Waals surface area contributed by atoms with Crippen LogP contribution in [0.15, 0.2) is 134 Å². The molecule has 4 aromatic heterocycles. The maximum atomic E-state index is 12.4. The highest BCUT2D eigenvalue weighted by atomic mass is 16.5. The van der Waals surface area contributed by atoms with E-state index in [9.17, 15) is 9.59 Å². The third-order valence-corrected chi connectivity index (χ3v) is 8.90. The molecule has 0 aliphatic carbocycles. The second kappa shape index (κ2) is 16.6. The average Bonchev–Trinajstić information content (AvgIpc) is 3.91. The molecule has 0 spiro atoms. The van der Waals surface area contributed by atoms with Crippen LogP contribution in [0.3, 0.4) is 0 Å². The van der Waals surface area contributed by atoms with Gasteiger partial charge in [0.1, 0.15) is 23.1 Å². The Morgan fingerprint density at radius 1 is 0.600 bits per heavy atom. The summed E-state index contributed by atoms with van der Waals surface area (Å²) < 4.78 is 12.0. The summed E-state index contributed by atoms with van der Waals surface area (Å²) in [6.07, 6.45) is 11.5. The SMILES string of the molecule is COc1ccc(CC(=O)Nc2cc3cc(-c4cn[nH]c4)ccc3cn2)cc1.COc1ccc(CC(=O)Nc2cc3cc(-c4cnn(C)c4)ccc3cn2)cc1. The summed E-state index contributed by atoms with van der Waals surface area (Å²) in [6.45, 7) is 0.